The zero-order chi connectivity index (χ0) is 12.4. The number of benzene rings is 1. The molecule has 92 valence electrons. The Kier molecular flexibility index (Phi) is 3.51. The fourth-order valence-corrected chi connectivity index (χ4v) is 2.87. The zero-order valence-electron chi connectivity index (χ0n) is 11.0. The molecule has 1 amide bonds. The van der Waals surface area contributed by atoms with Gasteiger partial charge in [0.2, 0.25) is 5.91 Å². The third kappa shape index (κ3) is 1.97. The molecule has 0 radical (unpaired) electrons. The molecule has 1 aromatic rings. The summed E-state index contributed by atoms with van der Waals surface area (Å²) in [5, 5.41) is 0. The number of para-hydroxylation sites is 1. The molecule has 2 heteroatoms. The Morgan fingerprint density at radius 3 is 2.65 bits per heavy atom. The molecular formula is C15H21NO. The lowest BCUT2D eigenvalue weighted by molar-refractivity contribution is -0.118. The van der Waals surface area contributed by atoms with Crippen LogP contribution in [0.15, 0.2) is 18.2 Å². The lowest BCUT2D eigenvalue weighted by Gasteiger charge is -2.22. The van der Waals surface area contributed by atoms with Gasteiger partial charge in [0.1, 0.15) is 0 Å². The summed E-state index contributed by atoms with van der Waals surface area (Å²) in [6.45, 7) is 6.15. The van der Waals surface area contributed by atoms with Crippen molar-refractivity contribution in [2.75, 3.05) is 4.90 Å². The van der Waals surface area contributed by atoms with Crippen LogP contribution in [0.2, 0.25) is 0 Å². The van der Waals surface area contributed by atoms with Gasteiger partial charge in [-0.05, 0) is 37.3 Å². The van der Waals surface area contributed by atoms with Crippen LogP contribution >= 0.6 is 0 Å². The summed E-state index contributed by atoms with van der Waals surface area (Å²) in [6, 6.07) is 6.81. The molecule has 0 spiro atoms. The predicted molar refractivity (Wildman–Crippen MR) is 71.4 cm³/mol. The largest absolute Gasteiger partial charge is 0.309 e. The molecule has 0 saturated carbocycles. The van der Waals surface area contributed by atoms with Gasteiger partial charge in [-0.15, -0.1) is 0 Å². The molecule has 2 heterocycles. The number of amides is 1. The standard InChI is InChI=1S/C13H15NO.C2H6/c1-9-8-11-6-2-4-10-5-3-7-12(15)14(9)13(10)11;1-2/h2,4,6,9H,3,5,7-8H2,1H3;1-2H3/t9-;/m1./s1. The van der Waals surface area contributed by atoms with E-state index in [0.717, 1.165) is 19.3 Å². The average molecular weight is 231 g/mol. The Morgan fingerprint density at radius 2 is 1.88 bits per heavy atom. The van der Waals surface area contributed by atoms with Crippen LogP contribution in [0.25, 0.3) is 0 Å². The summed E-state index contributed by atoms with van der Waals surface area (Å²) in [7, 11) is 0. The minimum atomic E-state index is 0.311. The van der Waals surface area contributed by atoms with Crippen molar-refractivity contribution in [3.63, 3.8) is 0 Å². The van der Waals surface area contributed by atoms with Crippen LogP contribution < -0.4 is 4.90 Å². The molecular weight excluding hydrogens is 210 g/mol. The van der Waals surface area contributed by atoms with E-state index in [1.807, 2.05) is 18.7 Å². The highest BCUT2D eigenvalue weighted by Crippen LogP contribution is 2.38. The number of carbonyl (C=O) groups is 1. The predicted octanol–water partition coefficient (Wildman–Crippen LogP) is 3.33. The van der Waals surface area contributed by atoms with Crippen LogP contribution in [-0.4, -0.2) is 11.9 Å². The van der Waals surface area contributed by atoms with Crippen LogP contribution in [0.1, 0.15) is 44.7 Å². The van der Waals surface area contributed by atoms with Crippen LogP contribution in [0, 0.1) is 0 Å². The molecule has 0 fully saturated rings. The van der Waals surface area contributed by atoms with Gasteiger partial charge in [-0.1, -0.05) is 32.0 Å². The van der Waals surface area contributed by atoms with E-state index in [-0.39, 0.29) is 0 Å². The van der Waals surface area contributed by atoms with Crippen molar-refractivity contribution >= 4 is 11.6 Å². The van der Waals surface area contributed by atoms with Crippen molar-refractivity contribution < 1.29 is 4.79 Å². The number of rotatable bonds is 0. The van der Waals surface area contributed by atoms with E-state index in [2.05, 4.69) is 25.1 Å². The van der Waals surface area contributed by atoms with Crippen molar-refractivity contribution in [2.24, 2.45) is 0 Å². The van der Waals surface area contributed by atoms with Crippen LogP contribution in [0.3, 0.4) is 0 Å². The summed E-state index contributed by atoms with van der Waals surface area (Å²) < 4.78 is 0. The van der Waals surface area contributed by atoms with Gasteiger partial charge < -0.3 is 4.90 Å². The number of nitrogens with zero attached hydrogens (tertiary/aromatic N) is 1. The summed E-state index contributed by atoms with van der Waals surface area (Å²) in [4.78, 5) is 14.0. The summed E-state index contributed by atoms with van der Waals surface area (Å²) in [5.74, 6) is 0.311. The smallest absolute Gasteiger partial charge is 0.227 e. The minimum absolute atomic E-state index is 0.311. The average Bonchev–Trinajstić information content (AvgIpc) is 2.57. The Bertz CT molecular complexity index is 425. The van der Waals surface area contributed by atoms with Crippen LogP contribution in [0.5, 0.6) is 0 Å². The van der Waals surface area contributed by atoms with Gasteiger partial charge in [-0.25, -0.2) is 0 Å². The maximum atomic E-state index is 12.0. The van der Waals surface area contributed by atoms with Crippen molar-refractivity contribution in [3.8, 4) is 0 Å². The van der Waals surface area contributed by atoms with Gasteiger partial charge in [0.05, 0.1) is 5.69 Å². The SMILES string of the molecule is CC.C[C@@H]1Cc2cccc3c2N1C(=O)CCC3. The molecule has 3 rings (SSSR count). The molecule has 0 unspecified atom stereocenters. The van der Waals surface area contributed by atoms with Crippen molar-refractivity contribution in [1.82, 2.24) is 0 Å². The lowest BCUT2D eigenvalue weighted by Crippen LogP contribution is -2.35. The number of hydrogen-bond donors (Lipinski definition) is 0. The Labute approximate surface area is 104 Å². The summed E-state index contributed by atoms with van der Waals surface area (Å²) >= 11 is 0. The number of carbonyl (C=O) groups excluding carboxylic acids is 1. The van der Waals surface area contributed by atoms with Gasteiger partial charge in [-0.3, -0.25) is 4.79 Å². The van der Waals surface area contributed by atoms with Crippen molar-refractivity contribution in [2.45, 2.75) is 52.5 Å². The van der Waals surface area contributed by atoms with Gasteiger partial charge in [-0.2, -0.15) is 0 Å². The van der Waals surface area contributed by atoms with E-state index in [0.29, 0.717) is 18.4 Å². The van der Waals surface area contributed by atoms with E-state index in [1.54, 1.807) is 0 Å². The fourth-order valence-electron chi connectivity index (χ4n) is 2.87. The van der Waals surface area contributed by atoms with E-state index in [4.69, 9.17) is 0 Å². The first kappa shape index (κ1) is 12.2. The van der Waals surface area contributed by atoms with E-state index in [9.17, 15) is 4.79 Å². The molecule has 0 bridgehead atoms. The Morgan fingerprint density at radius 1 is 1.18 bits per heavy atom. The highest BCUT2D eigenvalue weighted by atomic mass is 16.2. The number of aryl methyl sites for hydroxylation is 1. The normalized spacial score (nSPS) is 21.5. The lowest BCUT2D eigenvalue weighted by atomic mass is 10.0. The Hall–Kier alpha value is -1.31. The first-order chi connectivity index (χ1) is 8.27. The molecule has 1 atom stereocenters. The first-order valence-electron chi connectivity index (χ1n) is 6.70. The van der Waals surface area contributed by atoms with Gasteiger partial charge in [0, 0.05) is 12.5 Å². The maximum absolute atomic E-state index is 12.0. The molecule has 0 aliphatic carbocycles. The molecule has 2 aliphatic heterocycles. The van der Waals surface area contributed by atoms with Gasteiger partial charge in [0.25, 0.3) is 0 Å². The topological polar surface area (TPSA) is 20.3 Å². The molecule has 0 saturated heterocycles. The second kappa shape index (κ2) is 4.91. The van der Waals surface area contributed by atoms with E-state index < -0.39 is 0 Å². The molecule has 2 aliphatic rings. The molecule has 0 aromatic heterocycles. The van der Waals surface area contributed by atoms with Gasteiger partial charge >= 0.3 is 0 Å². The second-order valence-corrected chi connectivity index (χ2v) is 4.60. The summed E-state index contributed by atoms with van der Waals surface area (Å²) in [6.07, 6.45) is 3.78. The van der Waals surface area contributed by atoms with Gasteiger partial charge in [0.15, 0.2) is 0 Å². The third-order valence-electron chi connectivity index (χ3n) is 3.51. The van der Waals surface area contributed by atoms with Crippen molar-refractivity contribution in [3.05, 3.63) is 29.3 Å². The Balaban J connectivity index is 0.000000514. The molecule has 2 nitrogen and oxygen atoms in total. The summed E-state index contributed by atoms with van der Waals surface area (Å²) in [5.41, 5.74) is 3.95. The number of hydrogen-bond acceptors (Lipinski definition) is 1. The molecule has 0 N–H and O–H groups in total. The molecule has 17 heavy (non-hydrogen) atoms. The third-order valence-corrected chi connectivity index (χ3v) is 3.51. The number of anilines is 1. The fraction of sp³-hybridized carbons (Fsp3) is 0.533. The van der Waals surface area contributed by atoms with Crippen molar-refractivity contribution in [1.29, 1.82) is 0 Å². The highest BCUT2D eigenvalue weighted by molar-refractivity contribution is 5.97. The monoisotopic (exact) mass is 231 g/mol. The van der Waals surface area contributed by atoms with Crippen LogP contribution in [-0.2, 0) is 17.6 Å². The zero-order valence-corrected chi connectivity index (χ0v) is 11.0. The quantitative estimate of drug-likeness (QED) is 0.670. The second-order valence-electron chi connectivity index (χ2n) is 4.60. The maximum Gasteiger partial charge on any atom is 0.227 e. The minimum Gasteiger partial charge on any atom is -0.309 e. The molecule has 1 aromatic carbocycles. The highest BCUT2D eigenvalue weighted by Gasteiger charge is 2.33. The van der Waals surface area contributed by atoms with E-state index in [1.165, 1.54) is 16.8 Å². The first-order valence-corrected chi connectivity index (χ1v) is 6.70. The van der Waals surface area contributed by atoms with Crippen LogP contribution in [0.4, 0.5) is 5.69 Å². The van der Waals surface area contributed by atoms with E-state index >= 15 is 0 Å².